The van der Waals surface area contributed by atoms with Crippen molar-refractivity contribution >= 4 is 32.8 Å². The van der Waals surface area contributed by atoms with Crippen molar-refractivity contribution in [3.63, 3.8) is 0 Å². The minimum Gasteiger partial charge on any atom is -0.334 e. The van der Waals surface area contributed by atoms with Gasteiger partial charge in [-0.25, -0.2) is 0 Å². The summed E-state index contributed by atoms with van der Waals surface area (Å²) in [6, 6.07) is 38.8. The Kier molecular flexibility index (Phi) is 6.65. The zero-order chi connectivity index (χ0) is 28.6. The van der Waals surface area contributed by atoms with Gasteiger partial charge in [0.1, 0.15) is 0 Å². The summed E-state index contributed by atoms with van der Waals surface area (Å²) in [5.41, 5.74) is 10.8. The van der Waals surface area contributed by atoms with E-state index in [2.05, 4.69) is 151 Å². The Morgan fingerprint density at radius 2 is 1.26 bits per heavy atom. The molecule has 1 heteroatoms. The maximum absolute atomic E-state index is 2.60. The molecule has 5 aromatic rings. The zero-order valence-electron chi connectivity index (χ0n) is 24.4. The lowest BCUT2D eigenvalue weighted by Gasteiger charge is -2.32. The molecule has 1 unspecified atom stereocenters. The van der Waals surface area contributed by atoms with Crippen molar-refractivity contribution in [2.45, 2.75) is 38.1 Å². The second kappa shape index (κ2) is 11.1. The number of rotatable bonds is 5. The average molecular weight is 554 g/mol. The van der Waals surface area contributed by atoms with Crippen LogP contribution >= 0.6 is 0 Å². The maximum atomic E-state index is 2.60. The summed E-state index contributed by atoms with van der Waals surface area (Å²) in [6.45, 7) is 0. The Morgan fingerprint density at radius 1 is 0.581 bits per heavy atom. The van der Waals surface area contributed by atoms with Crippen LogP contribution in [-0.4, -0.2) is 0 Å². The first kappa shape index (κ1) is 25.8. The van der Waals surface area contributed by atoms with E-state index in [0.717, 1.165) is 32.1 Å². The van der Waals surface area contributed by atoms with Gasteiger partial charge in [0.05, 0.1) is 6.04 Å². The Morgan fingerprint density at radius 3 is 2.00 bits per heavy atom. The van der Waals surface area contributed by atoms with Crippen LogP contribution in [0.25, 0.3) is 38.2 Å². The van der Waals surface area contributed by atoms with Gasteiger partial charge in [0.15, 0.2) is 0 Å². The first-order valence-corrected chi connectivity index (χ1v) is 15.7. The van der Waals surface area contributed by atoms with Crippen LogP contribution in [0.15, 0.2) is 157 Å². The highest BCUT2D eigenvalue weighted by atomic mass is 15.2. The lowest BCUT2D eigenvalue weighted by Crippen LogP contribution is -2.24. The average Bonchev–Trinajstić information content (AvgIpc) is 3.54. The predicted octanol–water partition coefficient (Wildman–Crippen LogP) is 11.5. The molecule has 0 bridgehead atoms. The molecule has 0 spiro atoms. The van der Waals surface area contributed by atoms with Crippen LogP contribution < -0.4 is 4.90 Å². The molecular formula is C42H35N. The van der Waals surface area contributed by atoms with Crippen molar-refractivity contribution in [3.05, 3.63) is 168 Å². The summed E-state index contributed by atoms with van der Waals surface area (Å²) in [5.74, 6) is 0. The molecule has 8 rings (SSSR count). The van der Waals surface area contributed by atoms with Crippen LogP contribution in [0.5, 0.6) is 0 Å². The molecule has 0 saturated carbocycles. The third-order valence-corrected chi connectivity index (χ3v) is 9.31. The van der Waals surface area contributed by atoms with E-state index in [1.54, 1.807) is 0 Å². The maximum Gasteiger partial charge on any atom is 0.0626 e. The van der Waals surface area contributed by atoms with Crippen LogP contribution in [0.3, 0.4) is 0 Å². The fraction of sp³-hybridized carbons (Fsp3) is 0.143. The van der Waals surface area contributed by atoms with Crippen molar-refractivity contribution < 1.29 is 0 Å². The summed E-state index contributed by atoms with van der Waals surface area (Å²) >= 11 is 0. The molecule has 0 aromatic heterocycles. The van der Waals surface area contributed by atoms with Crippen LogP contribution in [0.2, 0.25) is 0 Å². The highest BCUT2D eigenvalue weighted by molar-refractivity contribution is 6.09. The molecule has 1 aliphatic heterocycles. The van der Waals surface area contributed by atoms with E-state index in [1.807, 2.05) is 0 Å². The molecule has 3 aliphatic rings. The smallest absolute Gasteiger partial charge is 0.0626 e. The number of nitrogens with zero attached hydrogens (tertiary/aromatic N) is 1. The van der Waals surface area contributed by atoms with Gasteiger partial charge in [-0.05, 0) is 111 Å². The lowest BCUT2D eigenvalue weighted by atomic mass is 9.88. The van der Waals surface area contributed by atoms with Crippen LogP contribution in [0.1, 0.15) is 49.3 Å². The van der Waals surface area contributed by atoms with E-state index >= 15 is 0 Å². The van der Waals surface area contributed by atoms with Gasteiger partial charge in [0, 0.05) is 11.4 Å². The number of benzene rings is 5. The summed E-state index contributed by atoms with van der Waals surface area (Å²) in [5, 5.41) is 5.23. The number of hydrogen-bond acceptors (Lipinski definition) is 1. The van der Waals surface area contributed by atoms with E-state index in [9.17, 15) is 0 Å². The standard InChI is InChI=1S/C42H35N/c1-5-13-30(14-6-1)37-23-24-38(31-15-7-2-8-16-31)40-29-35-27-36(22-21-34(35)28-39(37)40)43-41(32-17-9-3-10-18-32)25-26-42(43)33-19-11-4-12-20-33/h1-7,9-11,13-15,17-19,21-24,26-29,41H,8,12,16,20,25H2. The summed E-state index contributed by atoms with van der Waals surface area (Å²) < 4.78 is 0. The normalized spacial score (nSPS) is 18.2. The molecule has 0 saturated heterocycles. The molecule has 1 heterocycles. The van der Waals surface area contributed by atoms with E-state index in [0.29, 0.717) is 6.04 Å². The van der Waals surface area contributed by atoms with Gasteiger partial charge in [-0.3, -0.25) is 0 Å². The molecule has 0 radical (unpaired) electrons. The minimum atomic E-state index is 0.292. The molecule has 5 aromatic carbocycles. The van der Waals surface area contributed by atoms with Gasteiger partial charge < -0.3 is 4.90 Å². The van der Waals surface area contributed by atoms with Crippen LogP contribution in [0, 0.1) is 0 Å². The van der Waals surface area contributed by atoms with Gasteiger partial charge in [-0.1, -0.05) is 121 Å². The molecule has 208 valence electrons. The number of hydrogen-bond donors (Lipinski definition) is 0. The second-order valence-electron chi connectivity index (χ2n) is 11.9. The molecule has 0 amide bonds. The highest BCUT2D eigenvalue weighted by Gasteiger charge is 2.30. The third kappa shape index (κ3) is 4.76. The van der Waals surface area contributed by atoms with Gasteiger partial charge in [0.2, 0.25) is 0 Å². The topological polar surface area (TPSA) is 3.24 Å². The van der Waals surface area contributed by atoms with Crippen LogP contribution in [-0.2, 0) is 0 Å². The van der Waals surface area contributed by atoms with E-state index < -0.39 is 0 Å². The van der Waals surface area contributed by atoms with Crippen molar-refractivity contribution in [1.82, 2.24) is 0 Å². The predicted molar refractivity (Wildman–Crippen MR) is 184 cm³/mol. The quantitative estimate of drug-likeness (QED) is 0.196. The zero-order valence-corrected chi connectivity index (χ0v) is 24.4. The molecule has 1 atom stereocenters. The monoisotopic (exact) mass is 553 g/mol. The van der Waals surface area contributed by atoms with E-state index in [-0.39, 0.29) is 0 Å². The van der Waals surface area contributed by atoms with Gasteiger partial charge >= 0.3 is 0 Å². The van der Waals surface area contributed by atoms with Crippen molar-refractivity contribution in [1.29, 1.82) is 0 Å². The first-order chi connectivity index (χ1) is 21.3. The Balaban J connectivity index is 1.31. The summed E-state index contributed by atoms with van der Waals surface area (Å²) in [7, 11) is 0. The number of allylic oxidation sites excluding steroid dienone is 8. The van der Waals surface area contributed by atoms with Gasteiger partial charge in [-0.15, -0.1) is 0 Å². The van der Waals surface area contributed by atoms with Crippen LogP contribution in [0.4, 0.5) is 5.69 Å². The van der Waals surface area contributed by atoms with Gasteiger partial charge in [-0.2, -0.15) is 0 Å². The van der Waals surface area contributed by atoms with Crippen molar-refractivity contribution in [3.8, 4) is 11.1 Å². The molecule has 2 aliphatic carbocycles. The van der Waals surface area contributed by atoms with Crippen molar-refractivity contribution in [2.24, 2.45) is 0 Å². The van der Waals surface area contributed by atoms with E-state index in [1.165, 1.54) is 66.3 Å². The third-order valence-electron chi connectivity index (χ3n) is 9.31. The Bertz CT molecular complexity index is 1990. The molecule has 0 fully saturated rings. The second-order valence-corrected chi connectivity index (χ2v) is 11.9. The summed E-state index contributed by atoms with van der Waals surface area (Å²) in [6.07, 6.45) is 21.5. The number of fused-ring (bicyclic) bond motifs is 2. The summed E-state index contributed by atoms with van der Waals surface area (Å²) in [4.78, 5) is 2.60. The number of anilines is 1. The fourth-order valence-electron chi connectivity index (χ4n) is 7.18. The molecular weight excluding hydrogens is 518 g/mol. The largest absolute Gasteiger partial charge is 0.334 e. The van der Waals surface area contributed by atoms with Crippen molar-refractivity contribution in [2.75, 3.05) is 4.90 Å². The van der Waals surface area contributed by atoms with Gasteiger partial charge in [0.25, 0.3) is 0 Å². The Hall–Kier alpha value is -4.88. The fourth-order valence-corrected chi connectivity index (χ4v) is 7.18. The molecule has 43 heavy (non-hydrogen) atoms. The first-order valence-electron chi connectivity index (χ1n) is 15.7. The van der Waals surface area contributed by atoms with E-state index in [4.69, 9.17) is 0 Å². The SMILES string of the molecule is C1=CCCC(C2=CCC(c3ccccc3)N2c2ccc3cc4c(-c5ccccc5)ccc(C5=CC=CCC5)c4cc3c2)=C1. The minimum absolute atomic E-state index is 0.292. The lowest BCUT2D eigenvalue weighted by molar-refractivity contribution is 0.729. The Labute approximate surface area is 254 Å². The molecule has 1 nitrogen and oxygen atoms in total. The highest BCUT2D eigenvalue weighted by Crippen LogP contribution is 2.44. The molecule has 0 N–H and O–H groups in total.